The van der Waals surface area contributed by atoms with Crippen LogP contribution in [-0.4, -0.2) is 46.1 Å². The lowest BCUT2D eigenvalue weighted by Crippen LogP contribution is -2.42. The van der Waals surface area contributed by atoms with Crippen LogP contribution in [0.5, 0.6) is 0 Å². The number of nitrogens with zero attached hydrogens (tertiary/aromatic N) is 4. The maximum Gasteiger partial charge on any atom is 0.404 e. The van der Waals surface area contributed by atoms with Crippen molar-refractivity contribution in [2.24, 2.45) is 5.73 Å². The molecule has 188 valence electrons. The van der Waals surface area contributed by atoms with Crippen LogP contribution in [0.2, 0.25) is 0 Å². The monoisotopic (exact) mass is 522 g/mol. The van der Waals surface area contributed by atoms with Gasteiger partial charge in [-0.05, 0) is 43.7 Å². The molecule has 0 aliphatic rings. The Morgan fingerprint density at radius 3 is 2.42 bits per heavy atom. The van der Waals surface area contributed by atoms with Gasteiger partial charge in [0.2, 0.25) is 10.0 Å². The highest BCUT2D eigenvalue weighted by molar-refractivity contribution is 7.89. The number of benzene rings is 1. The number of amides is 1. The summed E-state index contributed by atoms with van der Waals surface area (Å²) in [4.78, 5) is 24.3. The molecule has 0 saturated heterocycles. The Balaban J connectivity index is 1.93. The summed E-state index contributed by atoms with van der Waals surface area (Å²) in [5.41, 5.74) is 6.27. The average Bonchev–Trinajstić information content (AvgIpc) is 3.13. The van der Waals surface area contributed by atoms with Gasteiger partial charge >= 0.3 is 6.18 Å². The molecule has 1 amide bonds. The standard InChI is InChI=1S/C22H18F4N6O3S/c1-11-7-17-14(8-15(11)23)19(21(27)33)20(32(17)18-10-28-5-6-29-18)16-4-3-13(9-30-16)36(34,35)31-12(2)22(24,25)26/h3-10,12,31H,1-2H3,(H2,27,33)/t12-/m0/s1. The smallest absolute Gasteiger partial charge is 0.366 e. The van der Waals surface area contributed by atoms with Gasteiger partial charge in [0.25, 0.3) is 5.91 Å². The first-order chi connectivity index (χ1) is 16.8. The number of fused-ring (bicyclic) bond motifs is 1. The van der Waals surface area contributed by atoms with E-state index in [9.17, 15) is 30.8 Å². The van der Waals surface area contributed by atoms with E-state index in [4.69, 9.17) is 5.73 Å². The first-order valence-corrected chi connectivity index (χ1v) is 11.8. The number of alkyl halides is 3. The molecule has 14 heteroatoms. The molecular formula is C22H18F4N6O3S. The van der Waals surface area contributed by atoms with Crippen molar-refractivity contribution in [3.05, 3.63) is 66.0 Å². The molecule has 4 aromatic rings. The Morgan fingerprint density at radius 1 is 1.14 bits per heavy atom. The Bertz CT molecular complexity index is 1570. The number of hydrogen-bond acceptors (Lipinski definition) is 6. The molecule has 0 radical (unpaired) electrons. The van der Waals surface area contributed by atoms with Crippen LogP contribution in [0.15, 0.2) is 53.9 Å². The third kappa shape index (κ3) is 4.52. The van der Waals surface area contributed by atoms with Crippen molar-refractivity contribution in [3.63, 3.8) is 0 Å². The van der Waals surface area contributed by atoms with Crippen LogP contribution in [0.1, 0.15) is 22.8 Å². The lowest BCUT2D eigenvalue weighted by molar-refractivity contribution is -0.147. The van der Waals surface area contributed by atoms with Crippen LogP contribution in [-0.2, 0) is 10.0 Å². The third-order valence-electron chi connectivity index (χ3n) is 5.38. The summed E-state index contributed by atoms with van der Waals surface area (Å²) in [5, 5.41) is 0.158. The number of pyridine rings is 1. The molecule has 3 aromatic heterocycles. The number of carbonyl (C=O) groups is 1. The van der Waals surface area contributed by atoms with Crippen LogP contribution in [0.3, 0.4) is 0 Å². The van der Waals surface area contributed by atoms with E-state index in [1.165, 1.54) is 42.2 Å². The zero-order valence-corrected chi connectivity index (χ0v) is 19.5. The minimum atomic E-state index is -4.79. The van der Waals surface area contributed by atoms with E-state index < -0.39 is 38.9 Å². The lowest BCUT2D eigenvalue weighted by Gasteiger charge is -2.17. The maximum absolute atomic E-state index is 14.5. The second-order valence-electron chi connectivity index (χ2n) is 7.87. The summed E-state index contributed by atoms with van der Waals surface area (Å²) in [7, 11) is -4.57. The van der Waals surface area contributed by atoms with Gasteiger partial charge in [0, 0.05) is 24.0 Å². The van der Waals surface area contributed by atoms with Gasteiger partial charge in [-0.25, -0.2) is 17.8 Å². The molecule has 36 heavy (non-hydrogen) atoms. The zero-order valence-electron chi connectivity index (χ0n) is 18.7. The minimum absolute atomic E-state index is 0.0338. The van der Waals surface area contributed by atoms with E-state index in [1.54, 1.807) is 4.72 Å². The fraction of sp³-hybridized carbons (Fsp3) is 0.182. The van der Waals surface area contributed by atoms with E-state index in [2.05, 4.69) is 15.0 Å². The summed E-state index contributed by atoms with van der Waals surface area (Å²) in [6.45, 7) is 2.19. The number of aryl methyl sites for hydroxylation is 1. The van der Waals surface area contributed by atoms with E-state index in [1.807, 2.05) is 0 Å². The minimum Gasteiger partial charge on any atom is -0.366 e. The molecule has 0 aliphatic carbocycles. The van der Waals surface area contributed by atoms with Crippen LogP contribution in [0.4, 0.5) is 17.6 Å². The molecule has 3 N–H and O–H groups in total. The summed E-state index contributed by atoms with van der Waals surface area (Å²) in [5.74, 6) is -1.28. The van der Waals surface area contributed by atoms with Gasteiger partial charge in [0.1, 0.15) is 16.8 Å². The Labute approximate surface area is 202 Å². The van der Waals surface area contributed by atoms with Crippen LogP contribution >= 0.6 is 0 Å². The normalized spacial score (nSPS) is 13.2. The van der Waals surface area contributed by atoms with Crippen LogP contribution in [0, 0.1) is 12.7 Å². The molecule has 4 rings (SSSR count). The van der Waals surface area contributed by atoms with Crippen molar-refractivity contribution in [1.82, 2.24) is 24.2 Å². The molecule has 0 bridgehead atoms. The number of primary amides is 1. The van der Waals surface area contributed by atoms with Crippen molar-refractivity contribution < 1.29 is 30.8 Å². The first-order valence-electron chi connectivity index (χ1n) is 10.3. The zero-order chi connectivity index (χ0) is 26.4. The van der Waals surface area contributed by atoms with Gasteiger partial charge < -0.3 is 5.73 Å². The molecule has 0 fully saturated rings. The van der Waals surface area contributed by atoms with Gasteiger partial charge in [-0.1, -0.05) is 0 Å². The second kappa shape index (κ2) is 8.95. The molecule has 0 unspecified atom stereocenters. The number of nitrogens with one attached hydrogen (secondary N) is 1. The van der Waals surface area contributed by atoms with Gasteiger partial charge in [-0.3, -0.25) is 19.3 Å². The molecule has 1 atom stereocenters. The predicted molar refractivity (Wildman–Crippen MR) is 121 cm³/mol. The van der Waals surface area contributed by atoms with Crippen molar-refractivity contribution in [2.45, 2.75) is 31.0 Å². The summed E-state index contributed by atoms with van der Waals surface area (Å²) >= 11 is 0. The van der Waals surface area contributed by atoms with Gasteiger partial charge in [-0.2, -0.15) is 17.9 Å². The van der Waals surface area contributed by atoms with E-state index in [0.717, 1.165) is 18.3 Å². The van der Waals surface area contributed by atoms with Crippen molar-refractivity contribution in [2.75, 3.05) is 0 Å². The van der Waals surface area contributed by atoms with E-state index in [0.29, 0.717) is 12.4 Å². The summed E-state index contributed by atoms with van der Waals surface area (Å²) in [6.07, 6.45) is 0.245. The fourth-order valence-corrected chi connectivity index (χ4v) is 4.77. The quantitative estimate of drug-likeness (QED) is 0.374. The van der Waals surface area contributed by atoms with E-state index in [-0.39, 0.29) is 33.7 Å². The number of carbonyl (C=O) groups excluding carboxylic acids is 1. The second-order valence-corrected chi connectivity index (χ2v) is 9.58. The first kappa shape index (κ1) is 25.2. The molecule has 0 aliphatic heterocycles. The highest BCUT2D eigenvalue weighted by Gasteiger charge is 2.39. The number of nitrogens with two attached hydrogens (primary N) is 1. The number of halogens is 4. The fourth-order valence-electron chi connectivity index (χ4n) is 3.59. The van der Waals surface area contributed by atoms with E-state index >= 15 is 0 Å². The van der Waals surface area contributed by atoms with Gasteiger partial charge in [-0.15, -0.1) is 0 Å². The molecule has 3 heterocycles. The molecule has 0 spiro atoms. The topological polar surface area (TPSA) is 133 Å². The SMILES string of the molecule is Cc1cc2c(cc1F)c(C(N)=O)c(-c1ccc(S(=O)(=O)N[C@@H](C)C(F)(F)F)cn1)n2-c1cnccn1. The lowest BCUT2D eigenvalue weighted by atomic mass is 10.1. The molecule has 9 nitrogen and oxygen atoms in total. The molecule has 1 aromatic carbocycles. The maximum atomic E-state index is 14.5. The number of rotatable bonds is 6. The molecule has 0 saturated carbocycles. The van der Waals surface area contributed by atoms with Crippen LogP contribution < -0.4 is 10.5 Å². The Morgan fingerprint density at radius 2 is 1.86 bits per heavy atom. The third-order valence-corrected chi connectivity index (χ3v) is 6.91. The summed E-state index contributed by atoms with van der Waals surface area (Å²) < 4.78 is 80.8. The highest BCUT2D eigenvalue weighted by atomic mass is 32.2. The number of hydrogen-bond donors (Lipinski definition) is 2. The average molecular weight is 522 g/mol. The van der Waals surface area contributed by atoms with Crippen molar-refractivity contribution >= 4 is 26.8 Å². The Hall–Kier alpha value is -3.91. The number of sulfonamides is 1. The predicted octanol–water partition coefficient (Wildman–Crippen LogP) is 3.26. The largest absolute Gasteiger partial charge is 0.404 e. The van der Waals surface area contributed by atoms with Crippen molar-refractivity contribution in [3.8, 4) is 17.2 Å². The summed E-state index contributed by atoms with van der Waals surface area (Å²) in [6, 6.07) is 2.52. The number of aromatic nitrogens is 4. The van der Waals surface area contributed by atoms with Crippen molar-refractivity contribution in [1.29, 1.82) is 0 Å². The van der Waals surface area contributed by atoms with Crippen LogP contribution in [0.25, 0.3) is 28.1 Å². The van der Waals surface area contributed by atoms with Gasteiger partial charge in [0.15, 0.2) is 5.82 Å². The Kier molecular flexibility index (Phi) is 6.26. The highest BCUT2D eigenvalue weighted by Crippen LogP contribution is 2.36. The molecular weight excluding hydrogens is 504 g/mol. The van der Waals surface area contributed by atoms with Gasteiger partial charge in [0.05, 0.1) is 28.7 Å².